The van der Waals surface area contributed by atoms with E-state index in [4.69, 9.17) is 0 Å². The summed E-state index contributed by atoms with van der Waals surface area (Å²) in [6.45, 7) is 6.73. The molecule has 0 atom stereocenters. The van der Waals surface area contributed by atoms with E-state index in [0.29, 0.717) is 0 Å². The van der Waals surface area contributed by atoms with Crippen LogP contribution in [-0.2, 0) is 5.41 Å². The minimum Gasteiger partial charge on any atom is -0.355 e. The van der Waals surface area contributed by atoms with Crippen LogP contribution in [0.2, 0.25) is 0 Å². The summed E-state index contributed by atoms with van der Waals surface area (Å²) >= 11 is 0. The quantitative estimate of drug-likeness (QED) is 0.390. The molecule has 0 unspecified atom stereocenters. The molecular formula is C24H23N. The summed E-state index contributed by atoms with van der Waals surface area (Å²) in [5, 5.41) is 8.69. The van der Waals surface area contributed by atoms with E-state index in [1.165, 1.54) is 32.8 Å². The Hall–Kier alpha value is -2.80. The molecule has 0 saturated heterocycles. The topological polar surface area (TPSA) is 12.0 Å². The van der Waals surface area contributed by atoms with Gasteiger partial charge in [0.25, 0.3) is 0 Å². The minimum atomic E-state index is 0.171. The van der Waals surface area contributed by atoms with Crippen molar-refractivity contribution in [2.45, 2.75) is 26.2 Å². The molecule has 1 nitrogen and oxygen atoms in total. The molecule has 0 aliphatic rings. The third-order valence-electron chi connectivity index (χ3n) is 4.79. The summed E-state index contributed by atoms with van der Waals surface area (Å²) in [6.07, 6.45) is 0. The van der Waals surface area contributed by atoms with Gasteiger partial charge in [-0.25, -0.2) is 0 Å². The van der Waals surface area contributed by atoms with Gasteiger partial charge >= 0.3 is 0 Å². The van der Waals surface area contributed by atoms with Crippen LogP contribution >= 0.6 is 0 Å². The zero-order valence-electron chi connectivity index (χ0n) is 15.0. The highest BCUT2D eigenvalue weighted by atomic mass is 14.9. The molecule has 0 aliphatic carbocycles. The molecule has 0 fully saturated rings. The highest BCUT2D eigenvalue weighted by molar-refractivity contribution is 6.11. The molecule has 4 rings (SSSR count). The first-order valence-electron chi connectivity index (χ1n) is 8.80. The largest absolute Gasteiger partial charge is 0.355 e. The summed E-state index contributed by atoms with van der Waals surface area (Å²) < 4.78 is 0. The second-order valence-corrected chi connectivity index (χ2v) is 7.65. The molecular weight excluding hydrogens is 302 g/mol. The van der Waals surface area contributed by atoms with Gasteiger partial charge in [0.15, 0.2) is 0 Å². The van der Waals surface area contributed by atoms with Gasteiger partial charge in [0.1, 0.15) is 0 Å². The number of benzene rings is 4. The van der Waals surface area contributed by atoms with Crippen LogP contribution in [0.25, 0.3) is 21.5 Å². The number of hydrogen-bond acceptors (Lipinski definition) is 1. The smallest absolute Gasteiger partial charge is 0.0543 e. The molecule has 0 heterocycles. The Morgan fingerprint density at radius 3 is 1.68 bits per heavy atom. The monoisotopic (exact) mass is 325 g/mol. The molecule has 4 aromatic rings. The summed E-state index contributed by atoms with van der Waals surface area (Å²) in [4.78, 5) is 0. The van der Waals surface area contributed by atoms with E-state index >= 15 is 0 Å². The Kier molecular flexibility index (Phi) is 3.73. The zero-order valence-corrected chi connectivity index (χ0v) is 15.0. The van der Waals surface area contributed by atoms with Gasteiger partial charge in [-0.2, -0.15) is 0 Å². The summed E-state index contributed by atoms with van der Waals surface area (Å²) in [5.74, 6) is 0. The van der Waals surface area contributed by atoms with E-state index in [9.17, 15) is 0 Å². The minimum absolute atomic E-state index is 0.171. The van der Waals surface area contributed by atoms with Crippen LogP contribution < -0.4 is 5.32 Å². The molecule has 1 heteroatoms. The maximum Gasteiger partial charge on any atom is 0.0543 e. The average molecular weight is 325 g/mol. The molecule has 1 N–H and O–H groups in total. The molecule has 0 radical (unpaired) electrons. The van der Waals surface area contributed by atoms with Gasteiger partial charge in [-0.05, 0) is 39.9 Å². The van der Waals surface area contributed by atoms with Crippen LogP contribution in [-0.4, -0.2) is 0 Å². The molecule has 0 aromatic heterocycles. The Morgan fingerprint density at radius 2 is 1.16 bits per heavy atom. The normalized spacial score (nSPS) is 11.8. The zero-order chi connectivity index (χ0) is 17.4. The SMILES string of the molecule is CC(C)(C)c1ccc(Nc2c3ccccc3cc3ccccc23)cc1. The van der Waals surface area contributed by atoms with Gasteiger partial charge in [0, 0.05) is 16.5 Å². The van der Waals surface area contributed by atoms with Crippen molar-refractivity contribution in [1.29, 1.82) is 0 Å². The van der Waals surface area contributed by atoms with Crippen molar-refractivity contribution in [3.63, 3.8) is 0 Å². The van der Waals surface area contributed by atoms with Gasteiger partial charge in [0.05, 0.1) is 5.69 Å². The molecule has 0 saturated carbocycles. The van der Waals surface area contributed by atoms with E-state index in [1.54, 1.807) is 0 Å². The lowest BCUT2D eigenvalue weighted by atomic mass is 9.87. The van der Waals surface area contributed by atoms with Gasteiger partial charge in [-0.1, -0.05) is 81.4 Å². The van der Waals surface area contributed by atoms with Crippen molar-refractivity contribution in [3.05, 3.63) is 84.4 Å². The number of anilines is 2. The molecule has 4 aromatic carbocycles. The summed E-state index contributed by atoms with van der Waals surface area (Å²) in [5.41, 5.74) is 3.82. The number of rotatable bonds is 2. The van der Waals surface area contributed by atoms with Crippen LogP contribution in [0.4, 0.5) is 11.4 Å². The van der Waals surface area contributed by atoms with E-state index < -0.39 is 0 Å². The molecule has 0 spiro atoms. The van der Waals surface area contributed by atoms with Gasteiger partial charge in [-0.15, -0.1) is 0 Å². The van der Waals surface area contributed by atoms with Crippen LogP contribution in [0.1, 0.15) is 26.3 Å². The van der Waals surface area contributed by atoms with Gasteiger partial charge < -0.3 is 5.32 Å². The molecule has 0 bridgehead atoms. The lowest BCUT2D eigenvalue weighted by Gasteiger charge is -2.20. The fourth-order valence-electron chi connectivity index (χ4n) is 3.35. The molecule has 0 aliphatic heterocycles. The highest BCUT2D eigenvalue weighted by Gasteiger charge is 2.13. The second-order valence-electron chi connectivity index (χ2n) is 7.65. The van der Waals surface area contributed by atoms with Crippen LogP contribution in [0.15, 0.2) is 78.9 Å². The van der Waals surface area contributed by atoms with Crippen molar-refractivity contribution < 1.29 is 0 Å². The van der Waals surface area contributed by atoms with E-state index in [-0.39, 0.29) is 5.41 Å². The van der Waals surface area contributed by atoms with E-state index in [1.807, 2.05) is 0 Å². The third kappa shape index (κ3) is 2.98. The predicted molar refractivity (Wildman–Crippen MR) is 110 cm³/mol. The predicted octanol–water partition coefficient (Wildman–Crippen LogP) is 7.03. The Morgan fingerprint density at radius 1 is 0.640 bits per heavy atom. The number of hydrogen-bond donors (Lipinski definition) is 1. The van der Waals surface area contributed by atoms with Gasteiger partial charge in [-0.3, -0.25) is 0 Å². The van der Waals surface area contributed by atoms with Crippen molar-refractivity contribution in [1.82, 2.24) is 0 Å². The Balaban J connectivity index is 1.85. The number of fused-ring (bicyclic) bond motifs is 2. The lowest BCUT2D eigenvalue weighted by Crippen LogP contribution is -2.10. The standard InChI is InChI=1S/C24H23N/c1-24(2,3)19-12-14-20(15-13-19)25-23-21-10-6-4-8-17(21)16-18-9-5-7-11-22(18)23/h4-16,25H,1-3H3. The van der Waals surface area contributed by atoms with Crippen molar-refractivity contribution >= 4 is 32.9 Å². The summed E-state index contributed by atoms with van der Waals surface area (Å²) in [7, 11) is 0. The first-order chi connectivity index (χ1) is 12.0. The maximum absolute atomic E-state index is 3.67. The van der Waals surface area contributed by atoms with Crippen molar-refractivity contribution in [3.8, 4) is 0 Å². The molecule has 25 heavy (non-hydrogen) atoms. The fourth-order valence-corrected chi connectivity index (χ4v) is 3.35. The maximum atomic E-state index is 3.67. The van der Waals surface area contributed by atoms with E-state index in [2.05, 4.69) is 105 Å². The van der Waals surface area contributed by atoms with Crippen LogP contribution in [0.5, 0.6) is 0 Å². The Labute approximate surface area is 149 Å². The second kappa shape index (κ2) is 5.93. The number of nitrogens with one attached hydrogen (secondary N) is 1. The Bertz CT molecular complexity index is 983. The lowest BCUT2D eigenvalue weighted by molar-refractivity contribution is 0.590. The highest BCUT2D eigenvalue weighted by Crippen LogP contribution is 2.35. The molecule has 0 amide bonds. The first-order valence-corrected chi connectivity index (χ1v) is 8.80. The van der Waals surface area contributed by atoms with Crippen molar-refractivity contribution in [2.24, 2.45) is 0 Å². The summed E-state index contributed by atoms with van der Waals surface area (Å²) in [6, 6.07) is 28.2. The average Bonchev–Trinajstić information content (AvgIpc) is 2.61. The van der Waals surface area contributed by atoms with Gasteiger partial charge in [0.2, 0.25) is 0 Å². The third-order valence-corrected chi connectivity index (χ3v) is 4.79. The van der Waals surface area contributed by atoms with Crippen LogP contribution in [0, 0.1) is 0 Å². The van der Waals surface area contributed by atoms with Crippen molar-refractivity contribution in [2.75, 3.05) is 5.32 Å². The fraction of sp³-hybridized carbons (Fsp3) is 0.167. The van der Waals surface area contributed by atoms with E-state index in [0.717, 1.165) is 5.69 Å². The van der Waals surface area contributed by atoms with Crippen LogP contribution in [0.3, 0.4) is 0 Å². The first kappa shape index (κ1) is 15.7. The molecule has 124 valence electrons.